The lowest BCUT2D eigenvalue weighted by Crippen LogP contribution is -2.34. The molecule has 7 heteroatoms. The van der Waals surface area contributed by atoms with Crippen molar-refractivity contribution in [2.45, 2.75) is 31.2 Å². The van der Waals surface area contributed by atoms with Crippen LogP contribution in [-0.2, 0) is 10.0 Å². The van der Waals surface area contributed by atoms with Crippen molar-refractivity contribution in [3.8, 4) is 0 Å². The van der Waals surface area contributed by atoms with Crippen molar-refractivity contribution in [3.05, 3.63) is 28.8 Å². The molecule has 1 rings (SSSR count). The normalized spacial score (nSPS) is 13.1. The van der Waals surface area contributed by atoms with Crippen LogP contribution in [0.25, 0.3) is 0 Å². The molecule has 0 spiro atoms. The lowest BCUT2D eigenvalue weighted by molar-refractivity contribution is 0.0740. The van der Waals surface area contributed by atoms with Crippen LogP contribution in [0.5, 0.6) is 0 Å². The Bertz CT molecular complexity index is 587. The van der Waals surface area contributed by atoms with E-state index in [1.807, 2.05) is 13.8 Å². The van der Waals surface area contributed by atoms with Gasteiger partial charge in [0.05, 0.1) is 15.5 Å². The molecule has 0 aliphatic carbocycles. The van der Waals surface area contributed by atoms with Crippen molar-refractivity contribution in [2.24, 2.45) is 5.14 Å². The van der Waals surface area contributed by atoms with Gasteiger partial charge in [-0.2, -0.15) is 0 Å². The van der Waals surface area contributed by atoms with Crippen LogP contribution in [0.1, 0.15) is 30.6 Å². The average Bonchev–Trinajstić information content (AvgIpc) is 2.35. The fraction of sp³-hybridized carbons (Fsp3) is 0.417. The lowest BCUT2D eigenvalue weighted by atomic mass is 10.1. The predicted octanol–water partition coefficient (Wildman–Crippen LogP) is 1.86. The van der Waals surface area contributed by atoms with Gasteiger partial charge in [-0.05, 0) is 31.5 Å². The van der Waals surface area contributed by atoms with E-state index in [0.29, 0.717) is 0 Å². The van der Waals surface area contributed by atoms with Gasteiger partial charge >= 0.3 is 0 Å². The standard InChI is InChI=1S/C12H17ClN2O3S/c1-4-8(2)15(3)12(16)10-7-9(19(14,17)18)5-6-11(10)13/h5-8H,4H2,1-3H3,(H2,14,17,18). The summed E-state index contributed by atoms with van der Waals surface area (Å²) in [5.41, 5.74) is 0.135. The third-order valence-corrected chi connectivity index (χ3v) is 4.31. The number of carbonyl (C=O) groups is 1. The first-order valence-electron chi connectivity index (χ1n) is 5.78. The van der Waals surface area contributed by atoms with Crippen LogP contribution in [0.4, 0.5) is 0 Å². The molecular formula is C12H17ClN2O3S. The Hall–Kier alpha value is -1.11. The highest BCUT2D eigenvalue weighted by atomic mass is 35.5. The maximum Gasteiger partial charge on any atom is 0.255 e. The molecule has 19 heavy (non-hydrogen) atoms. The Morgan fingerprint density at radius 2 is 2.05 bits per heavy atom. The van der Waals surface area contributed by atoms with Crippen molar-refractivity contribution in [1.82, 2.24) is 4.90 Å². The summed E-state index contributed by atoms with van der Waals surface area (Å²) in [6.45, 7) is 3.85. The quantitative estimate of drug-likeness (QED) is 0.922. The van der Waals surface area contributed by atoms with E-state index in [1.165, 1.54) is 23.1 Å². The van der Waals surface area contributed by atoms with Crippen LogP contribution in [0.2, 0.25) is 5.02 Å². The second kappa shape index (κ2) is 5.90. The van der Waals surface area contributed by atoms with Gasteiger partial charge in [-0.3, -0.25) is 4.79 Å². The van der Waals surface area contributed by atoms with Crippen LogP contribution in [0.15, 0.2) is 23.1 Å². The van der Waals surface area contributed by atoms with Crippen LogP contribution < -0.4 is 5.14 Å². The third kappa shape index (κ3) is 3.68. The SMILES string of the molecule is CCC(C)N(C)C(=O)c1cc(S(N)(=O)=O)ccc1Cl. The van der Waals surface area contributed by atoms with E-state index >= 15 is 0 Å². The first kappa shape index (κ1) is 15.9. The van der Waals surface area contributed by atoms with Crippen molar-refractivity contribution < 1.29 is 13.2 Å². The highest BCUT2D eigenvalue weighted by molar-refractivity contribution is 7.89. The first-order valence-corrected chi connectivity index (χ1v) is 7.70. The molecule has 1 aromatic carbocycles. The first-order chi connectivity index (χ1) is 8.68. The second-order valence-corrected chi connectivity index (χ2v) is 6.33. The Morgan fingerprint density at radius 3 is 2.53 bits per heavy atom. The summed E-state index contributed by atoms with van der Waals surface area (Å²) < 4.78 is 22.6. The number of primary sulfonamides is 1. The molecule has 106 valence electrons. The van der Waals surface area contributed by atoms with Gasteiger partial charge in [-0.15, -0.1) is 0 Å². The van der Waals surface area contributed by atoms with E-state index in [-0.39, 0.29) is 27.4 Å². The molecule has 0 radical (unpaired) electrons. The largest absolute Gasteiger partial charge is 0.339 e. The molecule has 0 aromatic heterocycles. The maximum atomic E-state index is 12.3. The predicted molar refractivity (Wildman–Crippen MR) is 74.7 cm³/mol. The van der Waals surface area contributed by atoms with Crippen LogP contribution in [-0.4, -0.2) is 32.3 Å². The molecular weight excluding hydrogens is 288 g/mol. The number of amides is 1. The topological polar surface area (TPSA) is 80.5 Å². The summed E-state index contributed by atoms with van der Waals surface area (Å²) in [5.74, 6) is -0.329. The van der Waals surface area contributed by atoms with E-state index < -0.39 is 10.0 Å². The Balaban J connectivity index is 3.24. The second-order valence-electron chi connectivity index (χ2n) is 4.36. The lowest BCUT2D eigenvalue weighted by Gasteiger charge is -2.24. The fourth-order valence-electron chi connectivity index (χ4n) is 1.51. The number of halogens is 1. The molecule has 0 saturated carbocycles. The number of sulfonamides is 1. The smallest absolute Gasteiger partial charge is 0.255 e. The minimum Gasteiger partial charge on any atom is -0.339 e. The van der Waals surface area contributed by atoms with Crippen molar-refractivity contribution >= 4 is 27.5 Å². The molecule has 5 nitrogen and oxygen atoms in total. The van der Waals surface area contributed by atoms with Gasteiger partial charge < -0.3 is 4.90 Å². The fourth-order valence-corrected chi connectivity index (χ4v) is 2.25. The number of hydrogen-bond acceptors (Lipinski definition) is 3. The molecule has 0 bridgehead atoms. The van der Waals surface area contributed by atoms with Gasteiger partial charge in [0, 0.05) is 13.1 Å². The molecule has 1 unspecified atom stereocenters. The van der Waals surface area contributed by atoms with Crippen molar-refractivity contribution in [3.63, 3.8) is 0 Å². The van der Waals surface area contributed by atoms with E-state index in [2.05, 4.69) is 0 Å². The summed E-state index contributed by atoms with van der Waals surface area (Å²) in [6.07, 6.45) is 0.786. The van der Waals surface area contributed by atoms with Gasteiger partial charge in [-0.25, -0.2) is 13.6 Å². The van der Waals surface area contributed by atoms with Gasteiger partial charge in [0.25, 0.3) is 5.91 Å². The molecule has 0 aliphatic rings. The number of benzene rings is 1. The third-order valence-electron chi connectivity index (χ3n) is 3.07. The van der Waals surface area contributed by atoms with E-state index in [1.54, 1.807) is 7.05 Å². The number of nitrogens with two attached hydrogens (primary N) is 1. The van der Waals surface area contributed by atoms with E-state index in [4.69, 9.17) is 16.7 Å². The summed E-state index contributed by atoms with van der Waals surface area (Å²) in [6, 6.07) is 3.87. The summed E-state index contributed by atoms with van der Waals surface area (Å²) >= 11 is 5.95. The zero-order chi connectivity index (χ0) is 14.8. The highest BCUT2D eigenvalue weighted by Gasteiger charge is 2.21. The maximum absolute atomic E-state index is 12.3. The van der Waals surface area contributed by atoms with Gasteiger partial charge in [-0.1, -0.05) is 18.5 Å². The van der Waals surface area contributed by atoms with Crippen molar-refractivity contribution in [2.75, 3.05) is 7.05 Å². The average molecular weight is 305 g/mol. The molecule has 0 heterocycles. The molecule has 1 aromatic rings. The minimum absolute atomic E-state index is 0.0294. The Morgan fingerprint density at radius 1 is 1.47 bits per heavy atom. The van der Waals surface area contributed by atoms with Crippen LogP contribution in [0, 0.1) is 0 Å². The molecule has 1 amide bonds. The molecule has 1 atom stereocenters. The zero-order valence-electron chi connectivity index (χ0n) is 11.1. The molecule has 0 saturated heterocycles. The van der Waals surface area contributed by atoms with Gasteiger partial charge in [0.15, 0.2) is 0 Å². The summed E-state index contributed by atoms with van der Waals surface area (Å²) in [4.78, 5) is 13.6. The Kier molecular flexibility index (Phi) is 4.95. The highest BCUT2D eigenvalue weighted by Crippen LogP contribution is 2.22. The zero-order valence-corrected chi connectivity index (χ0v) is 12.6. The number of hydrogen-bond donors (Lipinski definition) is 1. The molecule has 0 fully saturated rings. The summed E-state index contributed by atoms with van der Waals surface area (Å²) in [5, 5.41) is 5.24. The summed E-state index contributed by atoms with van der Waals surface area (Å²) in [7, 11) is -2.21. The molecule has 0 aliphatic heterocycles. The van der Waals surface area contributed by atoms with Crippen molar-refractivity contribution in [1.29, 1.82) is 0 Å². The number of nitrogens with zero attached hydrogens (tertiary/aromatic N) is 1. The number of rotatable bonds is 4. The van der Waals surface area contributed by atoms with E-state index in [0.717, 1.165) is 6.42 Å². The van der Waals surface area contributed by atoms with Gasteiger partial charge in [0.1, 0.15) is 0 Å². The van der Waals surface area contributed by atoms with Crippen LogP contribution in [0.3, 0.4) is 0 Å². The monoisotopic (exact) mass is 304 g/mol. The Labute approximate surface area is 118 Å². The number of carbonyl (C=O) groups excluding carboxylic acids is 1. The minimum atomic E-state index is -3.86. The molecule has 2 N–H and O–H groups in total. The van der Waals surface area contributed by atoms with E-state index in [9.17, 15) is 13.2 Å². The van der Waals surface area contributed by atoms with Gasteiger partial charge in [0.2, 0.25) is 10.0 Å². The van der Waals surface area contributed by atoms with Crippen LogP contribution >= 0.6 is 11.6 Å².